The smallest absolute Gasteiger partial charge is 0.325 e. The molecule has 0 saturated heterocycles. The van der Waals surface area contributed by atoms with Gasteiger partial charge in [-0.15, -0.1) is 4.70 Å². The lowest BCUT2D eigenvalue weighted by molar-refractivity contribution is -0.527. The van der Waals surface area contributed by atoms with E-state index in [9.17, 15) is 13.9 Å². The SMILES string of the molecule is OC(C[N+]1=NN=C1)(c1ccc(F)cc1F)C(F)(F)c1ccc(C#Cc2ccc(OCc3cccc(Cn4cccn4)c3)cc2)cn1. The summed E-state index contributed by atoms with van der Waals surface area (Å²) in [5.41, 5.74) is -1.70. The van der Waals surface area contributed by atoms with Crippen LogP contribution >= 0.6 is 0 Å². The van der Waals surface area contributed by atoms with E-state index in [0.29, 0.717) is 36.1 Å². The lowest BCUT2D eigenvalue weighted by Crippen LogP contribution is -2.50. The van der Waals surface area contributed by atoms with Crippen LogP contribution in [-0.2, 0) is 24.7 Å². The lowest BCUT2D eigenvalue weighted by atomic mass is 9.84. The summed E-state index contributed by atoms with van der Waals surface area (Å²) in [6.07, 6.45) is 5.87. The van der Waals surface area contributed by atoms with Crippen molar-refractivity contribution in [3.05, 3.63) is 149 Å². The molecule has 6 rings (SSSR count). The topological polar surface area (TPSA) is 87.9 Å². The van der Waals surface area contributed by atoms with Crippen LogP contribution in [0.1, 0.15) is 33.5 Å². The standard InChI is InChI=1S/C34H25F4N6O2/c35-28-10-13-30(31(36)18-28)33(45,22-44-23-40-42-44)34(37,38)32-14-9-25(19-39-32)6-5-24-7-11-29(12-8-24)46-21-27-4-1-3-26(17-27)20-43-16-2-15-41-43/h1-4,7-19,23,45H,20-22H2/q+1. The first kappa shape index (κ1) is 30.4. The maximum Gasteiger partial charge on any atom is 0.325 e. The third-order valence-electron chi connectivity index (χ3n) is 7.23. The summed E-state index contributed by atoms with van der Waals surface area (Å²) in [6, 6.07) is 21.3. The molecular weight excluding hydrogens is 600 g/mol. The van der Waals surface area contributed by atoms with E-state index < -0.39 is 41.0 Å². The summed E-state index contributed by atoms with van der Waals surface area (Å²) in [5, 5.41) is 22.4. The van der Waals surface area contributed by atoms with Gasteiger partial charge in [0.05, 0.1) is 11.8 Å². The molecule has 1 aliphatic heterocycles. The fraction of sp³-hybridized carbons (Fsp3) is 0.147. The van der Waals surface area contributed by atoms with Gasteiger partial charge in [0.25, 0.3) is 6.34 Å². The predicted molar refractivity (Wildman–Crippen MR) is 159 cm³/mol. The first-order valence-corrected chi connectivity index (χ1v) is 14.0. The van der Waals surface area contributed by atoms with Crippen LogP contribution in [0.4, 0.5) is 17.6 Å². The summed E-state index contributed by atoms with van der Waals surface area (Å²) in [5.74, 6) is 0.0338. The highest BCUT2D eigenvalue weighted by atomic mass is 19.3. The molecule has 1 atom stereocenters. The first-order valence-electron chi connectivity index (χ1n) is 14.0. The van der Waals surface area contributed by atoms with Crippen molar-refractivity contribution in [1.82, 2.24) is 14.8 Å². The van der Waals surface area contributed by atoms with Crippen molar-refractivity contribution in [3.8, 4) is 17.6 Å². The highest BCUT2D eigenvalue weighted by molar-refractivity contribution is 5.46. The second-order valence-electron chi connectivity index (χ2n) is 10.5. The zero-order valence-corrected chi connectivity index (χ0v) is 24.1. The van der Waals surface area contributed by atoms with Crippen molar-refractivity contribution in [2.75, 3.05) is 6.54 Å². The Morgan fingerprint density at radius 2 is 1.65 bits per heavy atom. The van der Waals surface area contributed by atoms with Gasteiger partial charge in [0.15, 0.2) is 5.60 Å². The second-order valence-corrected chi connectivity index (χ2v) is 10.5. The van der Waals surface area contributed by atoms with Crippen molar-refractivity contribution in [2.24, 2.45) is 10.3 Å². The van der Waals surface area contributed by atoms with Gasteiger partial charge < -0.3 is 9.84 Å². The molecule has 1 N–H and O–H groups in total. The minimum absolute atomic E-state index is 0.330. The van der Waals surface area contributed by atoms with Gasteiger partial charge in [0.2, 0.25) is 0 Å². The molecule has 0 amide bonds. The Labute approximate surface area is 260 Å². The molecule has 0 radical (unpaired) electrons. The molecule has 1 aliphatic rings. The minimum atomic E-state index is -4.12. The molecular formula is C34H25F4N6O2+. The maximum absolute atomic E-state index is 15.8. The van der Waals surface area contributed by atoms with Crippen molar-refractivity contribution in [2.45, 2.75) is 24.7 Å². The summed E-state index contributed by atoms with van der Waals surface area (Å²) in [6.45, 7) is 0.190. The molecule has 0 bridgehead atoms. The number of aliphatic hydroxyl groups is 1. The summed E-state index contributed by atoms with van der Waals surface area (Å²) >= 11 is 0. The normalized spacial score (nSPS) is 13.6. The molecule has 8 nitrogen and oxygen atoms in total. The van der Waals surface area contributed by atoms with Gasteiger partial charge >= 0.3 is 5.92 Å². The molecule has 0 aliphatic carbocycles. The van der Waals surface area contributed by atoms with Gasteiger partial charge in [-0.1, -0.05) is 36.1 Å². The zero-order chi connectivity index (χ0) is 32.1. The number of hydrogen-bond acceptors (Lipinski definition) is 6. The lowest BCUT2D eigenvalue weighted by Gasteiger charge is -2.35. The van der Waals surface area contributed by atoms with E-state index >= 15 is 8.78 Å². The van der Waals surface area contributed by atoms with E-state index in [0.717, 1.165) is 46.6 Å². The second kappa shape index (κ2) is 12.7. The number of pyridine rings is 1. The Morgan fingerprint density at radius 1 is 0.891 bits per heavy atom. The van der Waals surface area contributed by atoms with Crippen molar-refractivity contribution in [1.29, 1.82) is 0 Å². The minimum Gasteiger partial charge on any atom is -0.489 e. The van der Waals surface area contributed by atoms with Crippen molar-refractivity contribution in [3.63, 3.8) is 0 Å². The zero-order valence-electron chi connectivity index (χ0n) is 24.1. The highest BCUT2D eigenvalue weighted by Crippen LogP contribution is 2.46. The summed E-state index contributed by atoms with van der Waals surface area (Å²) < 4.78 is 68.5. The van der Waals surface area contributed by atoms with Gasteiger partial charge in [0, 0.05) is 46.4 Å². The fourth-order valence-corrected chi connectivity index (χ4v) is 4.82. The van der Waals surface area contributed by atoms with Gasteiger partial charge in [-0.3, -0.25) is 9.67 Å². The van der Waals surface area contributed by atoms with Gasteiger partial charge in [0.1, 0.15) is 36.2 Å². The molecule has 5 aromatic rings. The molecule has 3 aromatic carbocycles. The Kier molecular flexibility index (Phi) is 8.41. The third kappa shape index (κ3) is 6.55. The van der Waals surface area contributed by atoms with E-state index in [4.69, 9.17) is 4.74 Å². The molecule has 46 heavy (non-hydrogen) atoms. The molecule has 1 unspecified atom stereocenters. The van der Waals surface area contributed by atoms with Crippen LogP contribution in [0.3, 0.4) is 0 Å². The van der Waals surface area contributed by atoms with Crippen LogP contribution in [0.25, 0.3) is 0 Å². The predicted octanol–water partition coefficient (Wildman–Crippen LogP) is 5.98. The first-order chi connectivity index (χ1) is 22.2. The average molecular weight is 626 g/mol. The number of aromatic nitrogens is 3. The number of rotatable bonds is 10. The van der Waals surface area contributed by atoms with Crippen LogP contribution in [0.2, 0.25) is 0 Å². The Hall–Kier alpha value is -5.67. The number of hydrogen-bond donors (Lipinski definition) is 1. The quantitative estimate of drug-likeness (QED) is 0.118. The van der Waals surface area contributed by atoms with Crippen LogP contribution in [0.15, 0.2) is 114 Å². The summed E-state index contributed by atoms with van der Waals surface area (Å²) in [4.78, 5) is 3.83. The summed E-state index contributed by atoms with van der Waals surface area (Å²) in [7, 11) is 0. The van der Waals surface area contributed by atoms with E-state index in [2.05, 4.69) is 38.3 Å². The van der Waals surface area contributed by atoms with E-state index in [1.165, 1.54) is 6.07 Å². The van der Waals surface area contributed by atoms with Gasteiger partial charge in [-0.05, 0) is 65.7 Å². The number of alkyl halides is 2. The molecule has 0 spiro atoms. The monoisotopic (exact) mass is 625 g/mol. The Morgan fingerprint density at radius 3 is 2.33 bits per heavy atom. The van der Waals surface area contributed by atoms with E-state index in [-0.39, 0.29) is 0 Å². The number of ether oxygens (including phenoxy) is 1. The maximum atomic E-state index is 15.8. The molecule has 3 heterocycles. The van der Waals surface area contributed by atoms with E-state index in [1.807, 2.05) is 35.1 Å². The number of halogens is 4. The number of benzene rings is 3. The van der Waals surface area contributed by atoms with Crippen LogP contribution < -0.4 is 4.74 Å². The van der Waals surface area contributed by atoms with Crippen LogP contribution in [0, 0.1) is 23.5 Å². The molecule has 2 aromatic heterocycles. The number of β-amino-alcohol motifs (C(OH)–C–C–N with tert-alkyl or cyclic N) is 1. The van der Waals surface area contributed by atoms with Crippen LogP contribution in [0.5, 0.6) is 5.75 Å². The third-order valence-corrected chi connectivity index (χ3v) is 7.23. The van der Waals surface area contributed by atoms with Crippen molar-refractivity contribution >= 4 is 6.34 Å². The van der Waals surface area contributed by atoms with Gasteiger partial charge in [-0.25, -0.2) is 8.78 Å². The van der Waals surface area contributed by atoms with Crippen molar-refractivity contribution < 1.29 is 32.1 Å². The molecule has 0 fully saturated rings. The fourth-order valence-electron chi connectivity index (χ4n) is 4.82. The van der Waals surface area contributed by atoms with E-state index in [1.54, 1.807) is 30.5 Å². The van der Waals surface area contributed by atoms with Crippen LogP contribution in [-0.4, -0.2) is 37.5 Å². The Balaban J connectivity index is 1.12. The highest BCUT2D eigenvalue weighted by Gasteiger charge is 2.59. The molecule has 230 valence electrons. The number of nitrogens with zero attached hydrogens (tertiary/aromatic N) is 6. The molecule has 0 saturated carbocycles. The Bertz CT molecular complexity index is 1970. The van der Waals surface area contributed by atoms with Gasteiger partial charge in [-0.2, -0.15) is 13.9 Å². The molecule has 12 heteroatoms. The largest absolute Gasteiger partial charge is 0.489 e. The average Bonchev–Trinajstić information content (AvgIpc) is 3.54.